The molecular formula is C22H30O5. The SMILES string of the molecule is CC1=C[C@@]2(C)C(=CC1=O)CC[C@@H]1[C@@H]2C(O)C[C@@]2(C)[C@H]1CC[C@]2(O)C(=O)CO. The maximum Gasteiger partial charge on any atom is 0.190 e. The number of hydrogen-bond donors (Lipinski definition) is 3. The van der Waals surface area contributed by atoms with Crippen LogP contribution in [0.4, 0.5) is 0 Å². The normalized spacial score (nSPS) is 48.9. The van der Waals surface area contributed by atoms with Crippen LogP contribution >= 0.6 is 0 Å². The smallest absolute Gasteiger partial charge is 0.190 e. The third kappa shape index (κ3) is 2.28. The minimum atomic E-state index is -1.57. The average Bonchev–Trinajstić information content (AvgIpc) is 2.87. The van der Waals surface area contributed by atoms with E-state index in [9.17, 15) is 24.9 Å². The van der Waals surface area contributed by atoms with E-state index >= 15 is 0 Å². The van der Waals surface area contributed by atoms with Gasteiger partial charge >= 0.3 is 0 Å². The van der Waals surface area contributed by atoms with Gasteiger partial charge in [-0.25, -0.2) is 0 Å². The quantitative estimate of drug-likeness (QED) is 0.687. The van der Waals surface area contributed by atoms with Crippen LogP contribution < -0.4 is 0 Å². The first-order chi connectivity index (χ1) is 12.6. The van der Waals surface area contributed by atoms with Gasteiger partial charge in [0.2, 0.25) is 0 Å². The Morgan fingerprint density at radius 2 is 2.00 bits per heavy atom. The number of fused-ring (bicyclic) bond motifs is 5. The van der Waals surface area contributed by atoms with E-state index in [0.717, 1.165) is 30.4 Å². The number of Topliss-reactive ketones (excluding diaryl/α,β-unsaturated/α-hetero) is 1. The highest BCUT2D eigenvalue weighted by atomic mass is 16.3. The van der Waals surface area contributed by atoms with E-state index in [1.807, 2.05) is 19.9 Å². The highest BCUT2D eigenvalue weighted by Gasteiger charge is 2.68. The maximum absolute atomic E-state index is 12.4. The average molecular weight is 374 g/mol. The fourth-order valence-corrected chi connectivity index (χ4v) is 7.21. The molecule has 0 heterocycles. The predicted octanol–water partition coefficient (Wildman–Crippen LogP) is 1.95. The molecule has 0 aromatic rings. The van der Waals surface area contributed by atoms with Crippen molar-refractivity contribution in [3.05, 3.63) is 23.3 Å². The molecule has 0 spiro atoms. The van der Waals surface area contributed by atoms with Gasteiger partial charge in [-0.3, -0.25) is 9.59 Å². The van der Waals surface area contributed by atoms with Crippen molar-refractivity contribution in [2.75, 3.05) is 6.61 Å². The first-order valence-corrected chi connectivity index (χ1v) is 10.1. The number of hydrogen-bond acceptors (Lipinski definition) is 5. The van der Waals surface area contributed by atoms with E-state index in [1.165, 1.54) is 0 Å². The summed E-state index contributed by atoms with van der Waals surface area (Å²) in [6.45, 7) is 5.20. The summed E-state index contributed by atoms with van der Waals surface area (Å²) in [5.74, 6) is -0.195. The van der Waals surface area contributed by atoms with Crippen molar-refractivity contribution in [2.24, 2.45) is 28.6 Å². The van der Waals surface area contributed by atoms with E-state index in [2.05, 4.69) is 6.92 Å². The zero-order chi connectivity index (χ0) is 19.8. The second-order valence-electron chi connectivity index (χ2n) is 9.65. The number of allylic oxidation sites excluding steroid dienone is 4. The lowest BCUT2D eigenvalue weighted by molar-refractivity contribution is -0.178. The molecule has 4 aliphatic rings. The first-order valence-electron chi connectivity index (χ1n) is 10.1. The summed E-state index contributed by atoms with van der Waals surface area (Å²) >= 11 is 0. The highest BCUT2D eigenvalue weighted by molar-refractivity contribution is 6.05. The topological polar surface area (TPSA) is 94.8 Å². The zero-order valence-corrected chi connectivity index (χ0v) is 16.4. The van der Waals surface area contributed by atoms with Gasteiger partial charge in [0.25, 0.3) is 0 Å². The Hall–Kier alpha value is -1.30. The molecule has 3 saturated carbocycles. The minimum Gasteiger partial charge on any atom is -0.393 e. The van der Waals surface area contributed by atoms with Crippen LogP contribution in [0.1, 0.15) is 52.9 Å². The molecule has 4 aliphatic carbocycles. The highest BCUT2D eigenvalue weighted by Crippen LogP contribution is 2.67. The summed E-state index contributed by atoms with van der Waals surface area (Å²) in [5.41, 5.74) is -0.830. The third-order valence-electron chi connectivity index (χ3n) is 8.55. The molecule has 148 valence electrons. The van der Waals surface area contributed by atoms with Gasteiger partial charge < -0.3 is 15.3 Å². The largest absolute Gasteiger partial charge is 0.393 e. The number of carbonyl (C=O) groups is 2. The Labute approximate surface area is 160 Å². The molecule has 1 unspecified atom stereocenters. The number of rotatable bonds is 2. The van der Waals surface area contributed by atoms with E-state index < -0.39 is 29.5 Å². The molecule has 0 saturated heterocycles. The molecule has 0 aromatic carbocycles. The van der Waals surface area contributed by atoms with Crippen LogP contribution in [0.3, 0.4) is 0 Å². The lowest BCUT2D eigenvalue weighted by Gasteiger charge is -2.59. The molecular weight excluding hydrogens is 344 g/mol. The Morgan fingerprint density at radius 1 is 1.30 bits per heavy atom. The minimum absolute atomic E-state index is 0.0230. The van der Waals surface area contributed by atoms with Crippen LogP contribution in [0.5, 0.6) is 0 Å². The number of aliphatic hydroxyl groups is 3. The van der Waals surface area contributed by atoms with Crippen molar-refractivity contribution >= 4 is 11.6 Å². The Bertz CT molecular complexity index is 767. The molecule has 7 atom stereocenters. The molecule has 0 radical (unpaired) electrons. The van der Waals surface area contributed by atoms with Crippen molar-refractivity contribution < 1.29 is 24.9 Å². The molecule has 0 aliphatic heterocycles. The van der Waals surface area contributed by atoms with Crippen LogP contribution in [0.15, 0.2) is 23.3 Å². The number of ketones is 2. The van der Waals surface area contributed by atoms with E-state index in [4.69, 9.17) is 0 Å². The molecule has 27 heavy (non-hydrogen) atoms. The lowest BCUT2D eigenvalue weighted by Crippen LogP contribution is -2.61. The molecule has 3 N–H and O–H groups in total. The summed E-state index contributed by atoms with van der Waals surface area (Å²) in [6, 6.07) is 0. The Balaban J connectivity index is 1.76. The molecule has 0 bridgehead atoms. The molecule has 0 aromatic heterocycles. The van der Waals surface area contributed by atoms with Gasteiger partial charge in [0.15, 0.2) is 11.6 Å². The van der Waals surface area contributed by atoms with Crippen molar-refractivity contribution in [3.63, 3.8) is 0 Å². The van der Waals surface area contributed by atoms with Crippen LogP contribution in [0.2, 0.25) is 0 Å². The van der Waals surface area contributed by atoms with Crippen molar-refractivity contribution in [3.8, 4) is 0 Å². The number of carbonyl (C=O) groups excluding carboxylic acids is 2. The summed E-state index contributed by atoms with van der Waals surface area (Å²) in [6.07, 6.45) is 6.19. The van der Waals surface area contributed by atoms with E-state index in [1.54, 1.807) is 6.08 Å². The third-order valence-corrected chi connectivity index (χ3v) is 8.55. The molecule has 4 rings (SSSR count). The van der Waals surface area contributed by atoms with Gasteiger partial charge in [0, 0.05) is 16.7 Å². The summed E-state index contributed by atoms with van der Waals surface area (Å²) in [5, 5.41) is 31.8. The van der Waals surface area contributed by atoms with Gasteiger partial charge in [-0.05, 0) is 62.5 Å². The van der Waals surface area contributed by atoms with Gasteiger partial charge in [-0.15, -0.1) is 0 Å². The molecule has 5 heteroatoms. The van der Waals surface area contributed by atoms with E-state index in [-0.39, 0.29) is 29.0 Å². The van der Waals surface area contributed by atoms with Gasteiger partial charge in [0.05, 0.1) is 6.10 Å². The zero-order valence-electron chi connectivity index (χ0n) is 16.4. The standard InChI is InChI=1S/C22H30O5/c1-12-9-20(2)13(8-16(12)24)4-5-14-15-6-7-22(27,18(26)11-23)21(15,3)10-17(25)19(14)20/h8-9,14-15,17,19,23,25,27H,4-7,10-11H2,1-3H3/t14-,15-,17?,19+,20-,21-,22-/m0/s1. The van der Waals surface area contributed by atoms with Crippen molar-refractivity contribution in [1.29, 1.82) is 0 Å². The number of aliphatic hydroxyl groups excluding tert-OH is 2. The monoisotopic (exact) mass is 374 g/mol. The molecule has 3 fully saturated rings. The predicted molar refractivity (Wildman–Crippen MR) is 99.7 cm³/mol. The summed E-state index contributed by atoms with van der Waals surface area (Å²) in [7, 11) is 0. The van der Waals surface area contributed by atoms with Gasteiger partial charge in [-0.2, -0.15) is 0 Å². The van der Waals surface area contributed by atoms with Crippen LogP contribution in [-0.2, 0) is 9.59 Å². The summed E-state index contributed by atoms with van der Waals surface area (Å²) < 4.78 is 0. The van der Waals surface area contributed by atoms with E-state index in [0.29, 0.717) is 12.8 Å². The Morgan fingerprint density at radius 3 is 2.67 bits per heavy atom. The molecule has 5 nitrogen and oxygen atoms in total. The Kier molecular flexibility index (Phi) is 4.12. The van der Waals surface area contributed by atoms with Crippen molar-refractivity contribution in [2.45, 2.75) is 64.6 Å². The fourth-order valence-electron chi connectivity index (χ4n) is 7.21. The maximum atomic E-state index is 12.4. The first kappa shape index (κ1) is 19.0. The second kappa shape index (κ2) is 5.85. The van der Waals surface area contributed by atoms with Crippen LogP contribution in [0.25, 0.3) is 0 Å². The summed E-state index contributed by atoms with van der Waals surface area (Å²) in [4.78, 5) is 24.6. The van der Waals surface area contributed by atoms with Gasteiger partial charge in [0.1, 0.15) is 12.2 Å². The lowest BCUT2D eigenvalue weighted by atomic mass is 9.46. The second-order valence-corrected chi connectivity index (χ2v) is 9.65. The van der Waals surface area contributed by atoms with Crippen molar-refractivity contribution in [1.82, 2.24) is 0 Å². The fraction of sp³-hybridized carbons (Fsp3) is 0.727. The van der Waals surface area contributed by atoms with Crippen LogP contribution in [0, 0.1) is 28.6 Å². The van der Waals surface area contributed by atoms with Crippen LogP contribution in [-0.4, -0.2) is 45.2 Å². The van der Waals surface area contributed by atoms with Gasteiger partial charge in [-0.1, -0.05) is 25.5 Å². The molecule has 0 amide bonds.